The molecule has 2 aromatic rings. The van der Waals surface area contributed by atoms with Gasteiger partial charge in [0.2, 0.25) is 11.8 Å². The molecule has 6 heteroatoms. The lowest BCUT2D eigenvalue weighted by Crippen LogP contribution is -2.57. The van der Waals surface area contributed by atoms with Crippen LogP contribution in [0, 0.1) is 0 Å². The molecule has 4 rings (SSSR count). The predicted octanol–water partition coefficient (Wildman–Crippen LogP) is 0.900. The average Bonchev–Trinajstić information content (AvgIpc) is 3.09. The van der Waals surface area contributed by atoms with Crippen LogP contribution in [0.15, 0.2) is 24.5 Å². The number of anilines is 1. The molecule has 2 aliphatic heterocycles. The van der Waals surface area contributed by atoms with E-state index in [0.717, 1.165) is 23.9 Å². The van der Waals surface area contributed by atoms with Gasteiger partial charge in [-0.15, -0.1) is 0 Å². The number of hydrogen-bond acceptors (Lipinski definition) is 3. The molecule has 2 amide bonds. The van der Waals surface area contributed by atoms with Crippen LogP contribution in [0.25, 0.3) is 11.0 Å². The molecule has 1 atom stereocenters. The Morgan fingerprint density at radius 2 is 2.25 bits per heavy atom. The zero-order valence-electron chi connectivity index (χ0n) is 10.9. The smallest absolute Gasteiger partial charge is 0.250 e. The first-order chi connectivity index (χ1) is 9.75. The van der Waals surface area contributed by atoms with Crippen molar-refractivity contribution in [3.63, 3.8) is 0 Å². The van der Waals surface area contributed by atoms with Gasteiger partial charge in [0.15, 0.2) is 0 Å². The van der Waals surface area contributed by atoms with Gasteiger partial charge in [-0.25, -0.2) is 0 Å². The highest BCUT2D eigenvalue weighted by molar-refractivity contribution is 6.10. The highest BCUT2D eigenvalue weighted by Gasteiger charge is 2.43. The molecular formula is C14H14N4O2. The van der Waals surface area contributed by atoms with Crippen LogP contribution in [0.4, 0.5) is 5.69 Å². The molecule has 0 radical (unpaired) electrons. The maximum Gasteiger partial charge on any atom is 0.250 e. The summed E-state index contributed by atoms with van der Waals surface area (Å²) in [6.07, 6.45) is 5.12. The predicted molar refractivity (Wildman–Crippen MR) is 73.2 cm³/mol. The fourth-order valence-corrected chi connectivity index (χ4v) is 3.16. The number of nitrogens with one attached hydrogen (secondary N) is 1. The molecule has 2 saturated heterocycles. The normalized spacial score (nSPS) is 22.7. The van der Waals surface area contributed by atoms with Crippen LogP contribution in [0.1, 0.15) is 12.8 Å². The molecule has 102 valence electrons. The summed E-state index contributed by atoms with van der Waals surface area (Å²) in [4.78, 5) is 35.4. The van der Waals surface area contributed by atoms with Crippen LogP contribution in [-0.4, -0.2) is 45.8 Å². The van der Waals surface area contributed by atoms with Crippen LogP contribution in [0.2, 0.25) is 0 Å². The average molecular weight is 270 g/mol. The van der Waals surface area contributed by atoms with Crippen LogP contribution in [-0.2, 0) is 9.59 Å². The van der Waals surface area contributed by atoms with E-state index in [0.29, 0.717) is 12.2 Å². The van der Waals surface area contributed by atoms with Crippen molar-refractivity contribution in [1.82, 2.24) is 14.9 Å². The number of carbonyl (C=O) groups excluding carboxylic acids is 2. The Hall–Kier alpha value is -2.37. The van der Waals surface area contributed by atoms with E-state index < -0.39 is 0 Å². The summed E-state index contributed by atoms with van der Waals surface area (Å²) >= 11 is 0. The molecule has 0 spiro atoms. The molecule has 0 saturated carbocycles. The number of aromatic nitrogens is 2. The summed E-state index contributed by atoms with van der Waals surface area (Å²) in [6.45, 7) is 0.814. The quantitative estimate of drug-likeness (QED) is 0.837. The van der Waals surface area contributed by atoms with Gasteiger partial charge in [0.05, 0.1) is 11.2 Å². The van der Waals surface area contributed by atoms with Crippen molar-refractivity contribution in [1.29, 1.82) is 0 Å². The van der Waals surface area contributed by atoms with Gasteiger partial charge in [0.25, 0.3) is 0 Å². The Labute approximate surface area is 115 Å². The number of rotatable bonds is 1. The highest BCUT2D eigenvalue weighted by atomic mass is 16.2. The third kappa shape index (κ3) is 1.47. The lowest BCUT2D eigenvalue weighted by molar-refractivity contribution is -0.140. The number of fused-ring (bicyclic) bond motifs is 2. The standard InChI is InChI=1S/C14H14N4O2/c19-12-8-18(14(20)10-4-2-6-17(10)12)11-7-16-9-3-1-5-15-13(9)11/h1,3,5,7,10,16H,2,4,6,8H2. The molecular weight excluding hydrogens is 256 g/mol. The summed E-state index contributed by atoms with van der Waals surface area (Å²) in [5.74, 6) is 0.0334. The SMILES string of the molecule is O=C1C2CCCN2C(=O)CN1c1c[nH]c2cccnc12. The fraction of sp³-hybridized carbons (Fsp3) is 0.357. The van der Waals surface area contributed by atoms with Crippen LogP contribution < -0.4 is 4.90 Å². The molecule has 20 heavy (non-hydrogen) atoms. The number of hydrogen-bond donors (Lipinski definition) is 1. The third-order valence-electron chi connectivity index (χ3n) is 4.12. The molecule has 0 aliphatic carbocycles. The summed E-state index contributed by atoms with van der Waals surface area (Å²) in [5, 5.41) is 0. The summed E-state index contributed by atoms with van der Waals surface area (Å²) < 4.78 is 0. The maximum absolute atomic E-state index is 12.6. The van der Waals surface area contributed by atoms with E-state index in [4.69, 9.17) is 0 Å². The molecule has 1 N–H and O–H groups in total. The first-order valence-corrected chi connectivity index (χ1v) is 6.78. The highest BCUT2D eigenvalue weighted by Crippen LogP contribution is 2.30. The van der Waals surface area contributed by atoms with Crippen LogP contribution in [0.3, 0.4) is 0 Å². The van der Waals surface area contributed by atoms with Gasteiger partial charge < -0.3 is 9.88 Å². The number of pyridine rings is 1. The summed E-state index contributed by atoms with van der Waals surface area (Å²) in [7, 11) is 0. The van der Waals surface area contributed by atoms with E-state index in [-0.39, 0.29) is 24.4 Å². The lowest BCUT2D eigenvalue weighted by atomic mass is 10.1. The topological polar surface area (TPSA) is 69.3 Å². The Kier molecular flexibility index (Phi) is 2.33. The monoisotopic (exact) mass is 270 g/mol. The molecule has 0 aromatic carbocycles. The largest absolute Gasteiger partial charge is 0.358 e. The van der Waals surface area contributed by atoms with Crippen molar-refractivity contribution < 1.29 is 9.59 Å². The molecule has 6 nitrogen and oxygen atoms in total. The minimum Gasteiger partial charge on any atom is -0.358 e. The van der Waals surface area contributed by atoms with Gasteiger partial charge >= 0.3 is 0 Å². The van der Waals surface area contributed by atoms with E-state index in [1.54, 1.807) is 22.2 Å². The Bertz CT molecular complexity index is 708. The van der Waals surface area contributed by atoms with Gasteiger partial charge in [0.1, 0.15) is 18.1 Å². The van der Waals surface area contributed by atoms with E-state index in [1.807, 2.05) is 12.1 Å². The first kappa shape index (κ1) is 11.5. The molecule has 0 bridgehead atoms. The number of amides is 2. The van der Waals surface area contributed by atoms with Gasteiger partial charge in [-0.2, -0.15) is 0 Å². The van der Waals surface area contributed by atoms with E-state index >= 15 is 0 Å². The second kappa shape index (κ2) is 4.06. The summed E-state index contributed by atoms with van der Waals surface area (Å²) in [6, 6.07) is 3.46. The van der Waals surface area contributed by atoms with Gasteiger partial charge in [-0.3, -0.25) is 19.5 Å². The number of nitrogens with zero attached hydrogens (tertiary/aromatic N) is 3. The number of carbonyl (C=O) groups is 2. The minimum absolute atomic E-state index is 0.00801. The van der Waals surface area contributed by atoms with E-state index in [1.165, 1.54) is 0 Å². The Morgan fingerprint density at radius 3 is 3.15 bits per heavy atom. The molecule has 4 heterocycles. The van der Waals surface area contributed by atoms with Gasteiger partial charge in [0, 0.05) is 18.9 Å². The van der Waals surface area contributed by atoms with Crippen LogP contribution in [0.5, 0.6) is 0 Å². The number of aromatic amines is 1. The minimum atomic E-state index is -0.287. The van der Waals surface area contributed by atoms with Crippen molar-refractivity contribution >= 4 is 28.5 Å². The fourth-order valence-electron chi connectivity index (χ4n) is 3.16. The molecule has 2 aromatic heterocycles. The Morgan fingerprint density at radius 1 is 1.35 bits per heavy atom. The second-order valence-corrected chi connectivity index (χ2v) is 5.24. The Balaban J connectivity index is 1.78. The lowest BCUT2D eigenvalue weighted by Gasteiger charge is -2.35. The van der Waals surface area contributed by atoms with Crippen molar-refractivity contribution in [2.75, 3.05) is 18.0 Å². The van der Waals surface area contributed by atoms with Crippen molar-refractivity contribution in [2.24, 2.45) is 0 Å². The third-order valence-corrected chi connectivity index (χ3v) is 4.12. The summed E-state index contributed by atoms with van der Waals surface area (Å²) in [5.41, 5.74) is 2.31. The van der Waals surface area contributed by atoms with Crippen molar-refractivity contribution in [2.45, 2.75) is 18.9 Å². The van der Waals surface area contributed by atoms with Crippen molar-refractivity contribution in [3.8, 4) is 0 Å². The van der Waals surface area contributed by atoms with Crippen molar-refractivity contribution in [3.05, 3.63) is 24.5 Å². The first-order valence-electron chi connectivity index (χ1n) is 6.78. The zero-order chi connectivity index (χ0) is 13.7. The number of piperazine rings is 1. The second-order valence-electron chi connectivity index (χ2n) is 5.24. The van der Waals surface area contributed by atoms with Gasteiger partial charge in [-0.1, -0.05) is 0 Å². The van der Waals surface area contributed by atoms with Gasteiger partial charge in [-0.05, 0) is 25.0 Å². The maximum atomic E-state index is 12.6. The molecule has 2 fully saturated rings. The van der Waals surface area contributed by atoms with E-state index in [9.17, 15) is 9.59 Å². The molecule has 1 unspecified atom stereocenters. The molecule has 2 aliphatic rings. The van der Waals surface area contributed by atoms with E-state index in [2.05, 4.69) is 9.97 Å². The number of H-pyrrole nitrogens is 1. The van der Waals surface area contributed by atoms with Crippen LogP contribution >= 0.6 is 0 Å². The zero-order valence-corrected chi connectivity index (χ0v) is 10.9.